The van der Waals surface area contributed by atoms with Gasteiger partial charge in [0.15, 0.2) is 11.9 Å². The van der Waals surface area contributed by atoms with Crippen molar-refractivity contribution < 1.29 is 42.9 Å². The number of hydrogen-bond acceptors (Lipinski definition) is 9. The van der Waals surface area contributed by atoms with E-state index in [0.29, 0.717) is 18.4 Å². The Morgan fingerprint density at radius 2 is 1.94 bits per heavy atom. The Balaban J connectivity index is 1.55. The smallest absolute Gasteiger partial charge is 0.339 e. The first-order chi connectivity index (χ1) is 16.9. The lowest BCUT2D eigenvalue weighted by Crippen LogP contribution is -2.74. The van der Waals surface area contributed by atoms with E-state index in [4.69, 9.17) is 23.4 Å². The van der Waals surface area contributed by atoms with Gasteiger partial charge in [0.1, 0.15) is 17.8 Å². The van der Waals surface area contributed by atoms with Crippen molar-refractivity contribution in [2.75, 3.05) is 13.7 Å². The zero-order valence-electron chi connectivity index (χ0n) is 21.1. The van der Waals surface area contributed by atoms with Gasteiger partial charge in [-0.1, -0.05) is 19.9 Å². The molecule has 1 aromatic rings. The molecule has 6 rings (SSSR count). The summed E-state index contributed by atoms with van der Waals surface area (Å²) in [7, 11) is 1.30. The summed E-state index contributed by atoms with van der Waals surface area (Å²) in [5, 5.41) is 11.8. The molecule has 9 atom stereocenters. The minimum absolute atomic E-state index is 0.198. The van der Waals surface area contributed by atoms with Crippen LogP contribution in [0.1, 0.15) is 52.2 Å². The lowest BCUT2D eigenvalue weighted by molar-refractivity contribution is -0.231. The average Bonchev–Trinajstić information content (AvgIpc) is 3.29. The number of carbonyl (C=O) groups is 3. The topological polar surface area (TPSA) is 125 Å². The fraction of sp³-hybridized carbons (Fsp3) is 0.667. The quantitative estimate of drug-likeness (QED) is 0.379. The predicted molar refractivity (Wildman–Crippen MR) is 122 cm³/mol. The summed E-state index contributed by atoms with van der Waals surface area (Å²) >= 11 is 0. The molecule has 5 aliphatic rings. The lowest BCUT2D eigenvalue weighted by Gasteiger charge is -2.65. The molecular formula is C27H32O9. The summed E-state index contributed by atoms with van der Waals surface area (Å²) < 4.78 is 28.6. The molecule has 3 aliphatic heterocycles. The van der Waals surface area contributed by atoms with Gasteiger partial charge in [0.2, 0.25) is 0 Å². The number of methoxy groups -OCH3 is 1. The number of epoxide rings is 1. The second-order valence-electron chi connectivity index (χ2n) is 12.0. The molecule has 0 radical (unpaired) electrons. The number of fused-ring (bicyclic) bond motifs is 3. The van der Waals surface area contributed by atoms with E-state index in [-0.39, 0.29) is 18.3 Å². The van der Waals surface area contributed by atoms with Crippen LogP contribution in [0.4, 0.5) is 0 Å². The number of esters is 2. The first kappa shape index (κ1) is 23.9. The number of furan rings is 1. The maximum atomic E-state index is 14.1. The number of rotatable bonds is 3. The van der Waals surface area contributed by atoms with Crippen LogP contribution in [0, 0.1) is 28.1 Å². The van der Waals surface area contributed by atoms with Crippen LogP contribution >= 0.6 is 0 Å². The van der Waals surface area contributed by atoms with Crippen molar-refractivity contribution in [2.24, 2.45) is 28.1 Å². The highest BCUT2D eigenvalue weighted by molar-refractivity contribution is 5.92. The molecule has 2 saturated carbocycles. The van der Waals surface area contributed by atoms with Crippen molar-refractivity contribution in [1.82, 2.24) is 0 Å². The largest absolute Gasteiger partial charge is 0.472 e. The van der Waals surface area contributed by atoms with Crippen LogP contribution in [-0.2, 0) is 33.3 Å². The highest BCUT2D eigenvalue weighted by Gasteiger charge is 2.89. The highest BCUT2D eigenvalue weighted by Crippen LogP contribution is 2.79. The Bertz CT molecular complexity index is 1170. The third-order valence-electron chi connectivity index (χ3n) is 10.2. The molecule has 1 N–H and O–H groups in total. The number of hydrogen-bond donors (Lipinski definition) is 1. The minimum Gasteiger partial charge on any atom is -0.472 e. The van der Waals surface area contributed by atoms with Crippen molar-refractivity contribution >= 4 is 17.7 Å². The Hall–Kier alpha value is -2.49. The second-order valence-corrected chi connectivity index (χ2v) is 12.0. The van der Waals surface area contributed by atoms with Crippen molar-refractivity contribution in [3.8, 4) is 0 Å². The highest BCUT2D eigenvalue weighted by atomic mass is 16.7. The summed E-state index contributed by atoms with van der Waals surface area (Å²) in [5.74, 6) is -2.41. The monoisotopic (exact) mass is 500 g/mol. The molecule has 5 fully saturated rings. The van der Waals surface area contributed by atoms with Gasteiger partial charge in [-0.25, -0.2) is 9.59 Å². The molecule has 3 saturated heterocycles. The van der Waals surface area contributed by atoms with E-state index in [1.54, 1.807) is 18.4 Å². The summed E-state index contributed by atoms with van der Waals surface area (Å²) in [6.07, 6.45) is 4.44. The van der Waals surface area contributed by atoms with E-state index in [9.17, 15) is 19.5 Å². The van der Waals surface area contributed by atoms with Crippen LogP contribution in [0.15, 0.2) is 35.2 Å². The zero-order valence-corrected chi connectivity index (χ0v) is 21.1. The van der Waals surface area contributed by atoms with Crippen LogP contribution in [0.5, 0.6) is 0 Å². The third kappa shape index (κ3) is 2.49. The maximum absolute atomic E-state index is 14.1. The van der Waals surface area contributed by atoms with Crippen molar-refractivity contribution in [1.29, 1.82) is 0 Å². The average molecular weight is 501 g/mol. The Morgan fingerprint density at radius 3 is 2.61 bits per heavy atom. The molecule has 194 valence electrons. The molecule has 1 spiro atoms. The Morgan fingerprint density at radius 1 is 1.19 bits per heavy atom. The van der Waals surface area contributed by atoms with Crippen LogP contribution in [0.3, 0.4) is 0 Å². The van der Waals surface area contributed by atoms with Crippen molar-refractivity contribution in [2.45, 2.75) is 70.1 Å². The normalized spacial score (nSPS) is 48.4. The summed E-state index contributed by atoms with van der Waals surface area (Å²) in [6.45, 7) is 7.75. The number of aliphatic hydroxyl groups excluding tert-OH is 1. The fourth-order valence-corrected chi connectivity index (χ4v) is 8.77. The Labute approximate surface area is 209 Å². The molecule has 0 bridgehead atoms. The van der Waals surface area contributed by atoms with Gasteiger partial charge in [-0.05, 0) is 38.7 Å². The van der Waals surface area contributed by atoms with E-state index >= 15 is 0 Å². The van der Waals surface area contributed by atoms with Gasteiger partial charge in [0.25, 0.3) is 0 Å². The Kier molecular flexibility index (Phi) is 4.70. The van der Waals surface area contributed by atoms with Crippen LogP contribution < -0.4 is 0 Å². The van der Waals surface area contributed by atoms with Crippen LogP contribution in [0.25, 0.3) is 0 Å². The maximum Gasteiger partial charge on any atom is 0.339 e. The van der Waals surface area contributed by atoms with Gasteiger partial charge in [0, 0.05) is 27.9 Å². The van der Waals surface area contributed by atoms with Gasteiger partial charge in [-0.3, -0.25) is 4.79 Å². The second kappa shape index (κ2) is 7.08. The number of Topliss-reactive ketones (excluding diaryl/α,β-unsaturated/α-hetero) is 1. The number of cyclic esters (lactones) is 1. The van der Waals surface area contributed by atoms with Gasteiger partial charge < -0.3 is 28.5 Å². The van der Waals surface area contributed by atoms with E-state index in [1.165, 1.54) is 19.4 Å². The molecule has 1 aromatic heterocycles. The van der Waals surface area contributed by atoms with E-state index in [1.807, 2.05) is 27.7 Å². The van der Waals surface area contributed by atoms with Gasteiger partial charge in [-0.15, -0.1) is 0 Å². The summed E-state index contributed by atoms with van der Waals surface area (Å²) in [6, 6.07) is 1.76. The summed E-state index contributed by atoms with van der Waals surface area (Å²) in [4.78, 5) is 39.4. The molecule has 9 nitrogen and oxygen atoms in total. The number of carbonyl (C=O) groups excluding carboxylic acids is 3. The standard InChI is InChI=1S/C27H32O9/c1-23(2)18-17(29)19(30)25(4)15(26(18,13-34-23)10-7-16(28)32-5)6-9-24(3)20(14-8-11-33-12-14)35-22(31)21-27(24,25)36-21/h7-8,10-12,15,18-21,30H,6,9,13H2,1-5H3/b10-7-/t15-,18-,19-,20-,21+,24-,25-,26-,27+/m0/s1. The van der Waals surface area contributed by atoms with E-state index in [2.05, 4.69) is 0 Å². The predicted octanol–water partition coefficient (Wildman–Crippen LogP) is 2.52. The summed E-state index contributed by atoms with van der Waals surface area (Å²) in [5.41, 5.74) is -4.05. The fourth-order valence-electron chi connectivity index (χ4n) is 8.77. The number of aliphatic hydroxyl groups is 1. The molecule has 0 aromatic carbocycles. The van der Waals surface area contributed by atoms with E-state index < -0.39 is 63.6 Å². The molecule has 9 heteroatoms. The van der Waals surface area contributed by atoms with Gasteiger partial charge in [0.05, 0.1) is 37.8 Å². The third-order valence-corrected chi connectivity index (χ3v) is 10.2. The number of ketones is 1. The molecule has 2 aliphatic carbocycles. The van der Waals surface area contributed by atoms with E-state index in [0.717, 1.165) is 0 Å². The zero-order chi connectivity index (χ0) is 25.9. The number of ether oxygens (including phenoxy) is 4. The van der Waals surface area contributed by atoms with Gasteiger partial charge >= 0.3 is 11.9 Å². The molecule has 4 heterocycles. The van der Waals surface area contributed by atoms with Crippen LogP contribution in [0.2, 0.25) is 0 Å². The SMILES string of the molecule is COC(=O)/C=C\[C@@]12COC(C)(C)[C@@H]1C(=O)[C@H](O)[C@]1(C)[C@@H]2CC[C@@]2(C)[C@H](c3ccoc3)OC(=O)[C@H]3O[C@@]312. The first-order valence-electron chi connectivity index (χ1n) is 12.4. The van der Waals surface area contributed by atoms with Crippen molar-refractivity contribution in [3.63, 3.8) is 0 Å². The van der Waals surface area contributed by atoms with Crippen molar-refractivity contribution in [3.05, 3.63) is 36.3 Å². The first-order valence-corrected chi connectivity index (χ1v) is 12.4. The molecular weight excluding hydrogens is 468 g/mol. The molecule has 0 unspecified atom stereocenters. The lowest BCUT2D eigenvalue weighted by atomic mass is 9.37. The molecule has 0 amide bonds. The molecule has 36 heavy (non-hydrogen) atoms. The van der Waals surface area contributed by atoms with Crippen LogP contribution in [-0.4, -0.2) is 60.0 Å². The minimum atomic E-state index is -1.39. The van der Waals surface area contributed by atoms with Gasteiger partial charge in [-0.2, -0.15) is 0 Å².